The van der Waals surface area contributed by atoms with E-state index >= 15 is 0 Å². The summed E-state index contributed by atoms with van der Waals surface area (Å²) in [5.74, 6) is 0.484. The van der Waals surface area contributed by atoms with Gasteiger partial charge in [0.1, 0.15) is 22.6 Å². The van der Waals surface area contributed by atoms with Crippen LogP contribution in [0.5, 0.6) is 5.75 Å². The van der Waals surface area contributed by atoms with E-state index < -0.39 is 0 Å². The largest absolute Gasteiger partial charge is 0.489 e. The summed E-state index contributed by atoms with van der Waals surface area (Å²) < 4.78 is 5.67. The third-order valence-electron chi connectivity index (χ3n) is 2.66. The van der Waals surface area contributed by atoms with E-state index in [9.17, 15) is 4.79 Å². The maximum atomic E-state index is 11.9. The van der Waals surface area contributed by atoms with Crippen molar-refractivity contribution in [2.24, 2.45) is 5.73 Å². The van der Waals surface area contributed by atoms with Crippen LogP contribution in [0.25, 0.3) is 0 Å². The summed E-state index contributed by atoms with van der Waals surface area (Å²) >= 11 is 7.18. The number of nitrogens with zero attached hydrogens (tertiary/aromatic N) is 1. The van der Waals surface area contributed by atoms with Gasteiger partial charge in [-0.05, 0) is 31.2 Å². The SMILES string of the molecule is CC(CNC(=O)c1csc(CN)n1)Oc1ccc(Cl)cc1. The molecule has 0 radical (unpaired) electrons. The Morgan fingerprint density at radius 1 is 1.48 bits per heavy atom. The van der Waals surface area contributed by atoms with Crippen molar-refractivity contribution in [3.8, 4) is 5.75 Å². The average molecular weight is 326 g/mol. The molecule has 0 aliphatic rings. The van der Waals surface area contributed by atoms with Gasteiger partial charge in [0.25, 0.3) is 5.91 Å². The van der Waals surface area contributed by atoms with Crippen molar-refractivity contribution in [1.82, 2.24) is 10.3 Å². The van der Waals surface area contributed by atoms with Crippen molar-refractivity contribution >= 4 is 28.8 Å². The van der Waals surface area contributed by atoms with E-state index in [0.717, 1.165) is 5.01 Å². The maximum Gasteiger partial charge on any atom is 0.270 e. The number of carbonyl (C=O) groups is 1. The quantitative estimate of drug-likeness (QED) is 0.855. The van der Waals surface area contributed by atoms with Gasteiger partial charge < -0.3 is 15.8 Å². The smallest absolute Gasteiger partial charge is 0.270 e. The molecule has 1 amide bonds. The van der Waals surface area contributed by atoms with Crippen LogP contribution in [0.4, 0.5) is 0 Å². The molecule has 0 spiro atoms. The zero-order chi connectivity index (χ0) is 15.2. The van der Waals surface area contributed by atoms with Gasteiger partial charge in [-0.2, -0.15) is 0 Å². The molecule has 2 rings (SSSR count). The van der Waals surface area contributed by atoms with E-state index in [1.54, 1.807) is 29.6 Å². The Bertz CT molecular complexity index is 601. The molecule has 1 aromatic heterocycles. The topological polar surface area (TPSA) is 77.2 Å². The first-order valence-corrected chi connectivity index (χ1v) is 7.69. The molecule has 5 nitrogen and oxygen atoms in total. The van der Waals surface area contributed by atoms with Gasteiger partial charge in [-0.1, -0.05) is 11.6 Å². The van der Waals surface area contributed by atoms with E-state index in [1.165, 1.54) is 11.3 Å². The fourth-order valence-corrected chi connectivity index (χ4v) is 2.40. The minimum absolute atomic E-state index is 0.164. The Hall–Kier alpha value is -1.63. The summed E-state index contributed by atoms with van der Waals surface area (Å²) in [7, 11) is 0. The molecule has 1 atom stereocenters. The number of aromatic nitrogens is 1. The molecular weight excluding hydrogens is 310 g/mol. The van der Waals surface area contributed by atoms with Crippen molar-refractivity contribution in [3.63, 3.8) is 0 Å². The summed E-state index contributed by atoms with van der Waals surface area (Å²) in [6, 6.07) is 7.08. The van der Waals surface area contributed by atoms with Crippen LogP contribution in [0.1, 0.15) is 22.4 Å². The number of amides is 1. The maximum absolute atomic E-state index is 11.9. The highest BCUT2D eigenvalue weighted by Gasteiger charge is 2.12. The Morgan fingerprint density at radius 2 is 2.19 bits per heavy atom. The van der Waals surface area contributed by atoms with Crippen molar-refractivity contribution in [2.75, 3.05) is 6.54 Å². The van der Waals surface area contributed by atoms with E-state index in [2.05, 4.69) is 10.3 Å². The first-order valence-electron chi connectivity index (χ1n) is 6.43. The summed E-state index contributed by atoms with van der Waals surface area (Å²) in [6.07, 6.45) is -0.164. The summed E-state index contributed by atoms with van der Waals surface area (Å²) in [4.78, 5) is 16.0. The number of ether oxygens (including phenoxy) is 1. The fourth-order valence-electron chi connectivity index (χ4n) is 1.62. The number of carbonyl (C=O) groups excluding carboxylic acids is 1. The molecule has 21 heavy (non-hydrogen) atoms. The Kier molecular flexibility index (Phi) is 5.55. The van der Waals surface area contributed by atoms with Gasteiger partial charge in [0.2, 0.25) is 0 Å². The number of nitrogens with two attached hydrogens (primary N) is 1. The highest BCUT2D eigenvalue weighted by atomic mass is 35.5. The lowest BCUT2D eigenvalue weighted by molar-refractivity contribution is 0.0928. The number of halogens is 1. The Labute approximate surface area is 132 Å². The number of benzene rings is 1. The number of nitrogens with one attached hydrogen (secondary N) is 1. The molecule has 0 saturated carbocycles. The lowest BCUT2D eigenvalue weighted by atomic mass is 10.3. The van der Waals surface area contributed by atoms with E-state index in [1.807, 2.05) is 6.92 Å². The molecule has 0 saturated heterocycles. The van der Waals surface area contributed by atoms with Crippen LogP contribution >= 0.6 is 22.9 Å². The van der Waals surface area contributed by atoms with Crippen LogP contribution in [-0.4, -0.2) is 23.5 Å². The molecule has 3 N–H and O–H groups in total. The highest BCUT2D eigenvalue weighted by Crippen LogP contribution is 2.16. The number of thiazole rings is 1. The summed E-state index contributed by atoms with van der Waals surface area (Å²) in [5, 5.41) is 5.87. The lowest BCUT2D eigenvalue weighted by Crippen LogP contribution is -2.33. The van der Waals surface area contributed by atoms with Crippen LogP contribution in [0, 0.1) is 0 Å². The minimum atomic E-state index is -0.225. The molecular formula is C14H16ClN3O2S. The first-order chi connectivity index (χ1) is 10.1. The Morgan fingerprint density at radius 3 is 2.81 bits per heavy atom. The number of hydrogen-bond acceptors (Lipinski definition) is 5. The van der Waals surface area contributed by atoms with Crippen LogP contribution < -0.4 is 15.8 Å². The number of hydrogen-bond donors (Lipinski definition) is 2. The third-order valence-corrected chi connectivity index (χ3v) is 3.78. The predicted octanol–water partition coefficient (Wildman–Crippen LogP) is 2.45. The minimum Gasteiger partial charge on any atom is -0.489 e. The van der Waals surface area contributed by atoms with Gasteiger partial charge in [0, 0.05) is 16.9 Å². The molecule has 0 fully saturated rings. The average Bonchev–Trinajstić information content (AvgIpc) is 2.96. The van der Waals surface area contributed by atoms with Crippen molar-refractivity contribution in [3.05, 3.63) is 45.4 Å². The molecule has 1 heterocycles. The Balaban J connectivity index is 1.81. The zero-order valence-corrected chi connectivity index (χ0v) is 13.1. The molecule has 1 aromatic carbocycles. The van der Waals surface area contributed by atoms with Crippen LogP contribution in [0.15, 0.2) is 29.6 Å². The predicted molar refractivity (Wildman–Crippen MR) is 83.9 cm³/mol. The van der Waals surface area contributed by atoms with Crippen molar-refractivity contribution < 1.29 is 9.53 Å². The summed E-state index contributed by atoms with van der Waals surface area (Å²) in [6.45, 7) is 2.60. The lowest BCUT2D eigenvalue weighted by Gasteiger charge is -2.15. The zero-order valence-electron chi connectivity index (χ0n) is 11.5. The van der Waals surface area contributed by atoms with Crippen LogP contribution in [-0.2, 0) is 6.54 Å². The van der Waals surface area contributed by atoms with E-state index in [0.29, 0.717) is 29.6 Å². The molecule has 112 valence electrons. The second-order valence-corrected chi connectivity index (χ2v) is 5.80. The highest BCUT2D eigenvalue weighted by molar-refractivity contribution is 7.09. The molecule has 7 heteroatoms. The van der Waals surface area contributed by atoms with Gasteiger partial charge in [-0.15, -0.1) is 11.3 Å². The third kappa shape index (κ3) is 4.70. The fraction of sp³-hybridized carbons (Fsp3) is 0.286. The van der Waals surface area contributed by atoms with Crippen LogP contribution in [0.2, 0.25) is 5.02 Å². The van der Waals surface area contributed by atoms with E-state index in [-0.39, 0.29) is 12.0 Å². The first kappa shape index (κ1) is 15.8. The van der Waals surface area contributed by atoms with Crippen molar-refractivity contribution in [2.45, 2.75) is 19.6 Å². The molecule has 0 aliphatic carbocycles. The molecule has 2 aromatic rings. The summed E-state index contributed by atoms with van der Waals surface area (Å²) in [5.41, 5.74) is 5.86. The molecule has 0 bridgehead atoms. The standard InChI is InChI=1S/C14H16ClN3O2S/c1-9(20-11-4-2-10(15)3-5-11)7-17-14(19)12-8-21-13(6-16)18-12/h2-5,8-9H,6-7,16H2,1H3,(H,17,19). The molecule has 1 unspecified atom stereocenters. The second kappa shape index (κ2) is 7.40. The van der Waals surface area contributed by atoms with Crippen molar-refractivity contribution in [1.29, 1.82) is 0 Å². The van der Waals surface area contributed by atoms with Crippen LogP contribution in [0.3, 0.4) is 0 Å². The van der Waals surface area contributed by atoms with Gasteiger partial charge in [-0.3, -0.25) is 4.79 Å². The normalized spacial score (nSPS) is 12.0. The monoisotopic (exact) mass is 325 g/mol. The number of rotatable bonds is 6. The van der Waals surface area contributed by atoms with Gasteiger partial charge in [0.15, 0.2) is 0 Å². The molecule has 0 aliphatic heterocycles. The van der Waals surface area contributed by atoms with Gasteiger partial charge in [0.05, 0.1) is 6.54 Å². The van der Waals surface area contributed by atoms with E-state index in [4.69, 9.17) is 22.1 Å². The van der Waals surface area contributed by atoms with Gasteiger partial charge >= 0.3 is 0 Å². The van der Waals surface area contributed by atoms with Gasteiger partial charge in [-0.25, -0.2) is 4.98 Å². The second-order valence-electron chi connectivity index (χ2n) is 4.42.